The van der Waals surface area contributed by atoms with E-state index in [4.69, 9.17) is 11.6 Å². The van der Waals surface area contributed by atoms with Crippen LogP contribution in [0.15, 0.2) is 64.0 Å². The summed E-state index contributed by atoms with van der Waals surface area (Å²) in [6.07, 6.45) is 0. The number of carbonyl (C=O) groups is 1. The van der Waals surface area contributed by atoms with Gasteiger partial charge >= 0.3 is 0 Å². The minimum Gasteiger partial charge on any atom is -0.279 e. The molecule has 2 aromatic carbocycles. The molecule has 1 atom stereocenters. The van der Waals surface area contributed by atoms with Crippen LogP contribution in [0.5, 0.6) is 0 Å². The lowest BCUT2D eigenvalue weighted by Crippen LogP contribution is -2.41. The molecule has 0 spiro atoms. The van der Waals surface area contributed by atoms with Crippen molar-refractivity contribution in [1.29, 1.82) is 0 Å². The van der Waals surface area contributed by atoms with Crippen molar-refractivity contribution >= 4 is 42.8 Å². The van der Waals surface area contributed by atoms with E-state index in [0.717, 1.165) is 14.3 Å². The van der Waals surface area contributed by atoms with Crippen LogP contribution in [0.2, 0.25) is 0 Å². The fraction of sp³-hybridized carbons (Fsp3) is 0.188. The van der Waals surface area contributed by atoms with Gasteiger partial charge in [-0.2, -0.15) is 4.31 Å². The Hall–Kier alpha value is -1.21. The van der Waals surface area contributed by atoms with Crippen LogP contribution in [0.1, 0.15) is 12.5 Å². The van der Waals surface area contributed by atoms with E-state index in [1.165, 1.54) is 19.1 Å². The van der Waals surface area contributed by atoms with Crippen LogP contribution in [0.4, 0.5) is 0 Å². The van der Waals surface area contributed by atoms with Crippen molar-refractivity contribution in [2.75, 3.05) is 0 Å². The van der Waals surface area contributed by atoms with Gasteiger partial charge in [-0.1, -0.05) is 46.3 Å². The van der Waals surface area contributed by atoms with Gasteiger partial charge in [0.1, 0.15) is 0 Å². The zero-order chi connectivity index (χ0) is 17.0. The van der Waals surface area contributed by atoms with Crippen molar-refractivity contribution < 1.29 is 13.2 Å². The molecule has 0 saturated heterocycles. The molecule has 0 radical (unpaired) electrons. The SMILES string of the molecule is CC(C(=O)Cl)N(Cc1ccccc1)S(=O)(=O)c1ccc(Br)cc1. The minimum absolute atomic E-state index is 0.0683. The molecular weight excluding hydrogens is 402 g/mol. The van der Waals surface area contributed by atoms with E-state index in [9.17, 15) is 13.2 Å². The smallest absolute Gasteiger partial charge is 0.244 e. The van der Waals surface area contributed by atoms with Gasteiger partial charge in [-0.3, -0.25) is 4.79 Å². The van der Waals surface area contributed by atoms with Crippen molar-refractivity contribution in [2.45, 2.75) is 24.4 Å². The Labute approximate surface area is 149 Å². The van der Waals surface area contributed by atoms with Gasteiger partial charge in [-0.15, -0.1) is 0 Å². The molecule has 1 unspecified atom stereocenters. The molecule has 0 saturated carbocycles. The van der Waals surface area contributed by atoms with E-state index in [1.54, 1.807) is 24.3 Å². The number of hydrogen-bond acceptors (Lipinski definition) is 3. The lowest BCUT2D eigenvalue weighted by atomic mass is 10.2. The fourth-order valence-corrected chi connectivity index (χ4v) is 4.07. The van der Waals surface area contributed by atoms with Crippen molar-refractivity contribution in [3.05, 3.63) is 64.6 Å². The van der Waals surface area contributed by atoms with E-state index in [2.05, 4.69) is 15.9 Å². The van der Waals surface area contributed by atoms with Gasteiger partial charge in [-0.05, 0) is 48.4 Å². The molecule has 23 heavy (non-hydrogen) atoms. The van der Waals surface area contributed by atoms with Crippen molar-refractivity contribution in [2.24, 2.45) is 0 Å². The van der Waals surface area contributed by atoms with Gasteiger partial charge in [0, 0.05) is 11.0 Å². The fourth-order valence-electron chi connectivity index (χ4n) is 2.05. The lowest BCUT2D eigenvalue weighted by molar-refractivity contribution is -0.114. The number of carbonyl (C=O) groups excluding carboxylic acids is 1. The summed E-state index contributed by atoms with van der Waals surface area (Å²) in [5, 5.41) is -0.721. The van der Waals surface area contributed by atoms with Crippen molar-refractivity contribution in [3.63, 3.8) is 0 Å². The molecule has 0 aliphatic carbocycles. The van der Waals surface area contributed by atoms with E-state index in [0.29, 0.717) is 0 Å². The minimum atomic E-state index is -3.85. The maximum atomic E-state index is 12.9. The first-order chi connectivity index (χ1) is 10.8. The van der Waals surface area contributed by atoms with Gasteiger partial charge in [0.2, 0.25) is 15.3 Å². The first-order valence-corrected chi connectivity index (χ1v) is 9.44. The number of nitrogens with zero attached hydrogens (tertiary/aromatic N) is 1. The zero-order valence-electron chi connectivity index (χ0n) is 12.3. The summed E-state index contributed by atoms with van der Waals surface area (Å²) in [5.74, 6) is 0. The average molecular weight is 417 g/mol. The predicted molar refractivity (Wildman–Crippen MR) is 93.6 cm³/mol. The Morgan fingerprint density at radius 1 is 1.13 bits per heavy atom. The summed E-state index contributed by atoms with van der Waals surface area (Å²) < 4.78 is 27.7. The second-order valence-corrected chi connectivity index (χ2v) is 8.15. The van der Waals surface area contributed by atoms with E-state index in [-0.39, 0.29) is 11.4 Å². The van der Waals surface area contributed by atoms with Crippen molar-refractivity contribution in [1.82, 2.24) is 4.31 Å². The highest BCUT2D eigenvalue weighted by Gasteiger charge is 2.32. The molecule has 7 heteroatoms. The van der Waals surface area contributed by atoms with Gasteiger partial charge in [0.05, 0.1) is 10.9 Å². The molecule has 0 N–H and O–H groups in total. The molecule has 0 bridgehead atoms. The number of rotatable bonds is 6. The van der Waals surface area contributed by atoms with Crippen LogP contribution in [-0.4, -0.2) is 24.0 Å². The average Bonchev–Trinajstić information content (AvgIpc) is 2.53. The highest BCUT2D eigenvalue weighted by Crippen LogP contribution is 2.23. The second kappa shape index (κ2) is 7.57. The van der Waals surface area contributed by atoms with Gasteiger partial charge < -0.3 is 0 Å². The summed E-state index contributed by atoms with van der Waals surface area (Å²) in [4.78, 5) is 11.7. The van der Waals surface area contributed by atoms with Crippen LogP contribution >= 0.6 is 27.5 Å². The summed E-state index contributed by atoms with van der Waals surface area (Å²) in [6.45, 7) is 1.55. The predicted octanol–water partition coefficient (Wildman–Crippen LogP) is 3.79. The molecule has 122 valence electrons. The highest BCUT2D eigenvalue weighted by molar-refractivity contribution is 9.10. The normalized spacial score (nSPS) is 13.0. The Morgan fingerprint density at radius 3 is 2.22 bits per heavy atom. The second-order valence-electron chi connectivity index (χ2n) is 4.97. The molecule has 2 rings (SSSR count). The molecule has 4 nitrogen and oxygen atoms in total. The van der Waals surface area contributed by atoms with E-state index >= 15 is 0 Å². The standard InChI is InChI=1S/C16H15BrClNO3S/c1-12(16(18)20)19(11-13-5-3-2-4-6-13)23(21,22)15-9-7-14(17)8-10-15/h2-10,12H,11H2,1H3. The van der Waals surface area contributed by atoms with E-state index < -0.39 is 21.3 Å². The first-order valence-electron chi connectivity index (χ1n) is 6.83. The summed E-state index contributed by atoms with van der Waals surface area (Å²) >= 11 is 8.83. The molecule has 0 aliphatic rings. The topological polar surface area (TPSA) is 54.5 Å². The molecule has 0 amide bonds. The van der Waals surface area contributed by atoms with Gasteiger partial charge in [0.25, 0.3) is 0 Å². The summed E-state index contributed by atoms with van der Waals surface area (Å²) in [6, 6.07) is 14.4. The summed E-state index contributed by atoms with van der Waals surface area (Å²) in [7, 11) is -3.85. The number of benzene rings is 2. The Morgan fingerprint density at radius 2 is 1.70 bits per heavy atom. The van der Waals surface area contributed by atoms with Crippen LogP contribution in [0.25, 0.3) is 0 Å². The third kappa shape index (κ3) is 4.41. The highest BCUT2D eigenvalue weighted by atomic mass is 79.9. The quantitative estimate of drug-likeness (QED) is 0.673. The zero-order valence-corrected chi connectivity index (χ0v) is 15.5. The van der Waals surface area contributed by atoms with Gasteiger partial charge in [-0.25, -0.2) is 8.42 Å². The lowest BCUT2D eigenvalue weighted by Gasteiger charge is -2.26. The van der Waals surface area contributed by atoms with Crippen LogP contribution in [0, 0.1) is 0 Å². The Kier molecular flexibility index (Phi) is 5.97. The molecule has 0 aliphatic heterocycles. The number of sulfonamides is 1. The summed E-state index contributed by atoms with van der Waals surface area (Å²) in [5.41, 5.74) is 0.776. The van der Waals surface area contributed by atoms with Crippen LogP contribution in [-0.2, 0) is 21.4 Å². The maximum Gasteiger partial charge on any atom is 0.244 e. The molecule has 2 aromatic rings. The number of hydrogen-bond donors (Lipinski definition) is 0. The largest absolute Gasteiger partial charge is 0.279 e. The molecule has 0 aromatic heterocycles. The third-order valence-corrected chi connectivity index (χ3v) is 6.14. The Balaban J connectivity index is 2.43. The molecular formula is C16H15BrClNO3S. The molecule has 0 fully saturated rings. The number of halogens is 2. The van der Waals surface area contributed by atoms with Crippen LogP contribution < -0.4 is 0 Å². The molecule has 0 heterocycles. The Bertz CT molecular complexity index is 779. The maximum absolute atomic E-state index is 12.9. The van der Waals surface area contributed by atoms with E-state index in [1.807, 2.05) is 18.2 Å². The van der Waals surface area contributed by atoms with Gasteiger partial charge in [0.15, 0.2) is 0 Å². The van der Waals surface area contributed by atoms with Crippen molar-refractivity contribution in [3.8, 4) is 0 Å². The first kappa shape index (κ1) is 18.1. The monoisotopic (exact) mass is 415 g/mol. The van der Waals surface area contributed by atoms with Crippen LogP contribution in [0.3, 0.4) is 0 Å². The third-order valence-electron chi connectivity index (χ3n) is 3.36.